The monoisotopic (exact) mass is 367 g/mol. The number of hydrogen-bond acceptors (Lipinski definition) is 6. The van der Waals surface area contributed by atoms with Gasteiger partial charge >= 0.3 is 0 Å². The number of carbonyl (C=O) groups is 1. The number of thiazole rings is 1. The van der Waals surface area contributed by atoms with E-state index in [1.807, 2.05) is 10.6 Å². The van der Waals surface area contributed by atoms with Gasteiger partial charge in [0.15, 0.2) is 10.8 Å². The summed E-state index contributed by atoms with van der Waals surface area (Å²) in [4.78, 5) is 18.0. The lowest BCUT2D eigenvalue weighted by Gasteiger charge is -2.09. The second-order valence-corrected chi connectivity index (χ2v) is 6.75. The van der Waals surface area contributed by atoms with E-state index in [2.05, 4.69) is 62.1 Å². The summed E-state index contributed by atoms with van der Waals surface area (Å²) in [6.45, 7) is 3.93. The van der Waals surface area contributed by atoms with Gasteiger partial charge in [-0.1, -0.05) is 36.4 Å². The van der Waals surface area contributed by atoms with E-state index in [0.29, 0.717) is 11.5 Å². The van der Waals surface area contributed by atoms with Gasteiger partial charge in [0.1, 0.15) is 5.69 Å². The minimum Gasteiger partial charge on any atom is -0.341 e. The van der Waals surface area contributed by atoms with E-state index in [4.69, 9.17) is 0 Å². The van der Waals surface area contributed by atoms with Crippen molar-refractivity contribution in [1.29, 1.82) is 0 Å². The zero-order chi connectivity index (χ0) is 18.1. The molecule has 0 aliphatic carbocycles. The maximum atomic E-state index is 12.6. The number of amides is 1. The number of rotatable bonds is 5. The van der Waals surface area contributed by atoms with E-state index >= 15 is 0 Å². The quantitative estimate of drug-likeness (QED) is 0.565. The molecular formula is C17H17N7OS. The van der Waals surface area contributed by atoms with Gasteiger partial charge in [-0.15, -0.1) is 21.5 Å². The first-order valence-electron chi connectivity index (χ1n) is 8.26. The largest absolute Gasteiger partial charge is 0.341 e. The van der Waals surface area contributed by atoms with Crippen LogP contribution in [0.15, 0.2) is 35.8 Å². The zero-order valence-corrected chi connectivity index (χ0v) is 15.1. The molecular weight excluding hydrogens is 350 g/mol. The number of benzene rings is 1. The van der Waals surface area contributed by atoms with Crippen LogP contribution in [0.1, 0.15) is 41.8 Å². The van der Waals surface area contributed by atoms with Gasteiger partial charge in [0.05, 0.1) is 11.7 Å². The predicted octanol–water partition coefficient (Wildman–Crippen LogP) is 2.63. The van der Waals surface area contributed by atoms with Crippen LogP contribution in [0.4, 0.5) is 0 Å². The fourth-order valence-corrected chi connectivity index (χ4v) is 3.54. The number of aryl methyl sites for hydroxylation is 1. The maximum Gasteiger partial charge on any atom is 0.269 e. The summed E-state index contributed by atoms with van der Waals surface area (Å²) < 4.78 is 1.81. The molecule has 0 radical (unpaired) electrons. The highest BCUT2D eigenvalue weighted by Gasteiger charge is 2.19. The van der Waals surface area contributed by atoms with Crippen LogP contribution in [0.5, 0.6) is 0 Å². The number of aromatic amines is 1. The number of carbonyl (C=O) groups excluding carboxylic acids is 1. The SMILES string of the molecule is CCc1ccc(-c2cn3c(C(=O)NC(C)c4nn[nH]n4)csc3n2)cc1. The van der Waals surface area contributed by atoms with Crippen molar-refractivity contribution in [2.75, 3.05) is 0 Å². The predicted molar refractivity (Wildman–Crippen MR) is 97.9 cm³/mol. The lowest BCUT2D eigenvalue weighted by atomic mass is 10.1. The van der Waals surface area contributed by atoms with Gasteiger partial charge in [-0.3, -0.25) is 9.20 Å². The number of fused-ring (bicyclic) bond motifs is 1. The Kier molecular flexibility index (Phi) is 4.21. The average Bonchev–Trinajstić information content (AvgIpc) is 3.38. The van der Waals surface area contributed by atoms with Crippen LogP contribution in [-0.2, 0) is 6.42 Å². The molecule has 3 aromatic heterocycles. The van der Waals surface area contributed by atoms with E-state index in [-0.39, 0.29) is 11.9 Å². The van der Waals surface area contributed by atoms with Crippen LogP contribution in [0.3, 0.4) is 0 Å². The number of tetrazole rings is 1. The minimum atomic E-state index is -0.346. The Labute approximate surface area is 153 Å². The van der Waals surface area contributed by atoms with Gasteiger partial charge in [0.2, 0.25) is 0 Å². The van der Waals surface area contributed by atoms with Gasteiger partial charge in [0.25, 0.3) is 5.91 Å². The summed E-state index contributed by atoms with van der Waals surface area (Å²) >= 11 is 1.43. The summed E-state index contributed by atoms with van der Waals surface area (Å²) in [5, 5.41) is 18.4. The van der Waals surface area contributed by atoms with Gasteiger partial charge in [-0.2, -0.15) is 5.21 Å². The van der Waals surface area contributed by atoms with E-state index in [1.54, 1.807) is 12.3 Å². The lowest BCUT2D eigenvalue weighted by Crippen LogP contribution is -2.28. The van der Waals surface area contributed by atoms with E-state index in [9.17, 15) is 4.79 Å². The third kappa shape index (κ3) is 2.97. The van der Waals surface area contributed by atoms with Crippen LogP contribution >= 0.6 is 11.3 Å². The molecule has 1 aromatic carbocycles. The van der Waals surface area contributed by atoms with E-state index < -0.39 is 0 Å². The highest BCUT2D eigenvalue weighted by Crippen LogP contribution is 2.24. The van der Waals surface area contributed by atoms with E-state index in [0.717, 1.165) is 22.6 Å². The van der Waals surface area contributed by atoms with E-state index in [1.165, 1.54) is 16.9 Å². The first kappa shape index (κ1) is 16.4. The average molecular weight is 367 g/mol. The van der Waals surface area contributed by atoms with Gasteiger partial charge < -0.3 is 5.32 Å². The van der Waals surface area contributed by atoms with Crippen LogP contribution in [0, 0.1) is 0 Å². The molecule has 0 bridgehead atoms. The zero-order valence-electron chi connectivity index (χ0n) is 14.3. The molecule has 0 spiro atoms. The Morgan fingerprint density at radius 1 is 1.35 bits per heavy atom. The Morgan fingerprint density at radius 2 is 2.15 bits per heavy atom. The molecule has 3 heterocycles. The van der Waals surface area contributed by atoms with Crippen LogP contribution in [0.2, 0.25) is 0 Å². The van der Waals surface area contributed by atoms with Crippen molar-refractivity contribution < 1.29 is 4.79 Å². The molecule has 1 amide bonds. The van der Waals surface area contributed by atoms with Crippen LogP contribution in [-0.4, -0.2) is 35.9 Å². The molecule has 4 aromatic rings. The van der Waals surface area contributed by atoms with Crippen molar-refractivity contribution in [3.8, 4) is 11.3 Å². The summed E-state index contributed by atoms with van der Waals surface area (Å²) in [5.41, 5.74) is 3.69. The lowest BCUT2D eigenvalue weighted by molar-refractivity contribution is 0.0932. The summed E-state index contributed by atoms with van der Waals surface area (Å²) in [7, 11) is 0. The van der Waals surface area contributed by atoms with Crippen molar-refractivity contribution in [2.24, 2.45) is 0 Å². The molecule has 4 rings (SSSR count). The molecule has 0 saturated heterocycles. The van der Waals surface area contributed by atoms with Crippen molar-refractivity contribution >= 4 is 22.2 Å². The number of H-pyrrole nitrogens is 1. The highest BCUT2D eigenvalue weighted by molar-refractivity contribution is 7.15. The molecule has 2 N–H and O–H groups in total. The second kappa shape index (κ2) is 6.68. The molecule has 9 heteroatoms. The van der Waals surface area contributed by atoms with Gasteiger partial charge in [-0.05, 0) is 18.9 Å². The molecule has 1 unspecified atom stereocenters. The molecule has 8 nitrogen and oxygen atoms in total. The Bertz CT molecular complexity index is 1030. The highest BCUT2D eigenvalue weighted by atomic mass is 32.1. The molecule has 0 aliphatic rings. The fourth-order valence-electron chi connectivity index (χ4n) is 2.69. The third-order valence-corrected chi connectivity index (χ3v) is 5.04. The number of hydrogen-bond donors (Lipinski definition) is 2. The van der Waals surface area contributed by atoms with Crippen molar-refractivity contribution in [3.63, 3.8) is 0 Å². The van der Waals surface area contributed by atoms with Crippen molar-refractivity contribution in [1.82, 2.24) is 35.3 Å². The van der Waals surface area contributed by atoms with Gasteiger partial charge in [0, 0.05) is 17.1 Å². The molecule has 0 saturated carbocycles. The Balaban J connectivity index is 1.60. The fraction of sp³-hybridized carbons (Fsp3) is 0.235. The Morgan fingerprint density at radius 3 is 2.85 bits per heavy atom. The smallest absolute Gasteiger partial charge is 0.269 e. The summed E-state index contributed by atoms with van der Waals surface area (Å²) in [6.07, 6.45) is 2.89. The number of imidazole rings is 1. The molecule has 0 fully saturated rings. The van der Waals surface area contributed by atoms with Gasteiger partial charge in [-0.25, -0.2) is 4.98 Å². The number of nitrogens with zero attached hydrogens (tertiary/aromatic N) is 5. The summed E-state index contributed by atoms with van der Waals surface area (Å²) in [6, 6.07) is 7.97. The van der Waals surface area contributed by atoms with Crippen LogP contribution < -0.4 is 5.32 Å². The molecule has 1 atom stereocenters. The standard InChI is InChI=1S/C17H17N7OS/c1-3-11-4-6-12(7-5-11)13-8-24-14(9-26-17(24)19-13)16(25)18-10(2)15-20-22-23-21-15/h4-10H,3H2,1-2H3,(H,18,25)(H,20,21,22,23). The minimum absolute atomic E-state index is 0.209. The third-order valence-electron chi connectivity index (χ3n) is 4.20. The molecule has 26 heavy (non-hydrogen) atoms. The van der Waals surface area contributed by atoms with Crippen molar-refractivity contribution in [2.45, 2.75) is 26.3 Å². The number of nitrogens with one attached hydrogen (secondary N) is 2. The first-order chi connectivity index (χ1) is 12.7. The summed E-state index contributed by atoms with van der Waals surface area (Å²) in [5.74, 6) is 0.228. The Hall–Kier alpha value is -3.07. The van der Waals surface area contributed by atoms with Crippen molar-refractivity contribution in [3.05, 3.63) is 52.9 Å². The first-order valence-corrected chi connectivity index (χ1v) is 9.13. The maximum absolute atomic E-state index is 12.6. The molecule has 132 valence electrons. The topological polar surface area (TPSA) is 101 Å². The number of aromatic nitrogens is 6. The normalized spacial score (nSPS) is 12.4. The van der Waals surface area contributed by atoms with Crippen LogP contribution in [0.25, 0.3) is 16.2 Å². The second-order valence-electron chi connectivity index (χ2n) is 5.92. The molecule has 0 aliphatic heterocycles.